The van der Waals surface area contributed by atoms with Gasteiger partial charge >= 0.3 is 0 Å². The van der Waals surface area contributed by atoms with Gasteiger partial charge in [0.2, 0.25) is 5.91 Å². The molecule has 0 unspecified atom stereocenters. The summed E-state index contributed by atoms with van der Waals surface area (Å²) in [6.07, 6.45) is 0. The van der Waals surface area contributed by atoms with Gasteiger partial charge in [-0.2, -0.15) is 0 Å². The number of amides is 2. The second kappa shape index (κ2) is 6.39. The van der Waals surface area contributed by atoms with Gasteiger partial charge in [0.15, 0.2) is 0 Å². The van der Waals surface area contributed by atoms with E-state index in [0.29, 0.717) is 31.7 Å². The number of benzene rings is 1. The van der Waals surface area contributed by atoms with E-state index in [4.69, 9.17) is 11.6 Å². The summed E-state index contributed by atoms with van der Waals surface area (Å²) in [4.78, 5) is 27.2. The van der Waals surface area contributed by atoms with Crippen molar-refractivity contribution in [3.8, 4) is 0 Å². The van der Waals surface area contributed by atoms with Crippen molar-refractivity contribution in [2.45, 2.75) is 0 Å². The van der Waals surface area contributed by atoms with Gasteiger partial charge in [0.1, 0.15) is 5.88 Å². The zero-order valence-corrected chi connectivity index (χ0v) is 12.7. The molecule has 0 radical (unpaired) electrons. The third kappa shape index (κ3) is 3.48. The summed E-state index contributed by atoms with van der Waals surface area (Å²) in [5, 5.41) is 0. The van der Waals surface area contributed by atoms with Crippen LogP contribution in [0.5, 0.6) is 0 Å². The molecule has 0 saturated carbocycles. The Labute approximate surface area is 125 Å². The highest BCUT2D eigenvalue weighted by Crippen LogP contribution is 2.14. The summed E-state index contributed by atoms with van der Waals surface area (Å²) in [6.45, 7) is 2.19. The number of rotatable bonds is 2. The molecule has 1 fully saturated rings. The molecule has 4 nitrogen and oxygen atoms in total. The smallest absolute Gasteiger partial charge is 0.254 e. The Balaban J connectivity index is 1.98. The molecule has 0 aliphatic carbocycles. The fourth-order valence-electron chi connectivity index (χ4n) is 2.05. The largest absolute Gasteiger partial charge is 0.338 e. The number of alkyl halides is 1. The fourth-order valence-corrected chi connectivity index (χ4v) is 2.62. The highest BCUT2D eigenvalue weighted by molar-refractivity contribution is 9.10. The predicted octanol–water partition coefficient (Wildman–Crippen LogP) is 1.97. The number of piperazine rings is 1. The average Bonchev–Trinajstić information content (AvgIpc) is 2.46. The van der Waals surface area contributed by atoms with E-state index in [1.165, 1.54) is 0 Å². The molecule has 0 N–H and O–H groups in total. The lowest BCUT2D eigenvalue weighted by Crippen LogP contribution is -2.50. The first-order valence-electron chi connectivity index (χ1n) is 6.00. The Morgan fingerprint density at radius 3 is 2.37 bits per heavy atom. The second-order valence-electron chi connectivity index (χ2n) is 4.32. The maximum absolute atomic E-state index is 12.3. The maximum Gasteiger partial charge on any atom is 0.254 e. The quantitative estimate of drug-likeness (QED) is 0.769. The molecule has 0 aromatic heterocycles. The van der Waals surface area contributed by atoms with E-state index in [2.05, 4.69) is 15.9 Å². The summed E-state index contributed by atoms with van der Waals surface area (Å²) >= 11 is 8.87. The molecule has 1 aliphatic rings. The van der Waals surface area contributed by atoms with Gasteiger partial charge in [-0.05, 0) is 18.2 Å². The third-order valence-electron chi connectivity index (χ3n) is 3.11. The zero-order valence-electron chi connectivity index (χ0n) is 10.3. The van der Waals surface area contributed by atoms with Crippen LogP contribution in [0.3, 0.4) is 0 Å². The van der Waals surface area contributed by atoms with Crippen molar-refractivity contribution >= 4 is 39.3 Å². The van der Waals surface area contributed by atoms with E-state index in [-0.39, 0.29) is 17.7 Å². The first-order chi connectivity index (χ1) is 9.11. The first-order valence-corrected chi connectivity index (χ1v) is 7.33. The van der Waals surface area contributed by atoms with E-state index >= 15 is 0 Å². The van der Waals surface area contributed by atoms with Crippen molar-refractivity contribution in [2.75, 3.05) is 32.1 Å². The molecule has 2 amide bonds. The minimum Gasteiger partial charge on any atom is -0.338 e. The van der Waals surface area contributed by atoms with Gasteiger partial charge in [-0.15, -0.1) is 11.6 Å². The molecule has 6 heteroatoms. The van der Waals surface area contributed by atoms with Gasteiger partial charge in [0.05, 0.1) is 0 Å². The summed E-state index contributed by atoms with van der Waals surface area (Å²) < 4.78 is 0.884. The van der Waals surface area contributed by atoms with Crippen molar-refractivity contribution in [3.63, 3.8) is 0 Å². The summed E-state index contributed by atoms with van der Waals surface area (Å²) in [5.74, 6) is -0.0740. The fraction of sp³-hybridized carbons (Fsp3) is 0.385. The lowest BCUT2D eigenvalue weighted by molar-refractivity contribution is -0.129. The van der Waals surface area contributed by atoms with Crippen LogP contribution in [-0.4, -0.2) is 53.7 Å². The average molecular weight is 346 g/mol. The van der Waals surface area contributed by atoms with Crippen LogP contribution in [-0.2, 0) is 4.79 Å². The second-order valence-corrected chi connectivity index (χ2v) is 5.50. The molecule has 1 saturated heterocycles. The zero-order chi connectivity index (χ0) is 13.8. The summed E-state index contributed by atoms with van der Waals surface area (Å²) in [5.41, 5.74) is 0.659. The van der Waals surface area contributed by atoms with Gasteiger partial charge in [-0.3, -0.25) is 9.59 Å². The van der Waals surface area contributed by atoms with E-state index in [9.17, 15) is 9.59 Å². The summed E-state index contributed by atoms with van der Waals surface area (Å²) in [7, 11) is 0. The molecule has 1 aromatic rings. The number of hydrogen-bond acceptors (Lipinski definition) is 2. The molecule has 19 heavy (non-hydrogen) atoms. The van der Waals surface area contributed by atoms with E-state index in [1.807, 2.05) is 12.1 Å². The predicted molar refractivity (Wildman–Crippen MR) is 77.3 cm³/mol. The van der Waals surface area contributed by atoms with Crippen LogP contribution in [0.1, 0.15) is 10.4 Å². The molecular weight excluding hydrogens is 332 g/mol. The number of hydrogen-bond donors (Lipinski definition) is 0. The minimum atomic E-state index is -0.0729. The molecule has 1 aliphatic heterocycles. The van der Waals surface area contributed by atoms with Crippen LogP contribution < -0.4 is 0 Å². The van der Waals surface area contributed by atoms with Crippen molar-refractivity contribution in [3.05, 3.63) is 34.3 Å². The van der Waals surface area contributed by atoms with E-state index in [1.54, 1.807) is 21.9 Å². The maximum atomic E-state index is 12.3. The Morgan fingerprint density at radius 2 is 1.79 bits per heavy atom. The summed E-state index contributed by atoms with van der Waals surface area (Å²) in [6, 6.07) is 7.32. The van der Waals surface area contributed by atoms with Gasteiger partial charge < -0.3 is 9.80 Å². The highest BCUT2D eigenvalue weighted by atomic mass is 79.9. The van der Waals surface area contributed by atoms with Gasteiger partial charge in [-0.1, -0.05) is 22.0 Å². The molecule has 0 bridgehead atoms. The van der Waals surface area contributed by atoms with Crippen molar-refractivity contribution in [2.24, 2.45) is 0 Å². The Morgan fingerprint density at radius 1 is 1.16 bits per heavy atom. The lowest BCUT2D eigenvalue weighted by Gasteiger charge is -2.34. The highest BCUT2D eigenvalue weighted by Gasteiger charge is 2.24. The van der Waals surface area contributed by atoms with Crippen LogP contribution in [0.2, 0.25) is 0 Å². The number of nitrogens with zero attached hydrogens (tertiary/aromatic N) is 2. The Kier molecular flexibility index (Phi) is 4.82. The SMILES string of the molecule is O=C(CCl)N1CCN(C(=O)c2cccc(Br)c2)CC1. The standard InChI is InChI=1S/C13H14BrClN2O2/c14-11-3-1-2-10(8-11)13(19)17-6-4-16(5-7-17)12(18)9-15/h1-3,8H,4-7,9H2. The Hall–Kier alpha value is -1.07. The first kappa shape index (κ1) is 14.3. The number of halogens is 2. The topological polar surface area (TPSA) is 40.6 Å². The Bertz CT molecular complexity index is 487. The van der Waals surface area contributed by atoms with Crippen LogP contribution in [0, 0.1) is 0 Å². The van der Waals surface area contributed by atoms with Crippen LogP contribution >= 0.6 is 27.5 Å². The van der Waals surface area contributed by atoms with Crippen LogP contribution in [0.4, 0.5) is 0 Å². The van der Waals surface area contributed by atoms with Gasteiger partial charge in [0, 0.05) is 36.2 Å². The van der Waals surface area contributed by atoms with Gasteiger partial charge in [0.25, 0.3) is 5.91 Å². The van der Waals surface area contributed by atoms with Crippen LogP contribution in [0.25, 0.3) is 0 Å². The van der Waals surface area contributed by atoms with Gasteiger partial charge in [-0.25, -0.2) is 0 Å². The van der Waals surface area contributed by atoms with Crippen LogP contribution in [0.15, 0.2) is 28.7 Å². The van der Waals surface area contributed by atoms with Crippen molar-refractivity contribution in [1.82, 2.24) is 9.80 Å². The van der Waals surface area contributed by atoms with E-state index < -0.39 is 0 Å². The molecule has 0 atom stereocenters. The lowest BCUT2D eigenvalue weighted by atomic mass is 10.2. The minimum absolute atomic E-state index is 0.000418. The van der Waals surface area contributed by atoms with E-state index in [0.717, 1.165) is 4.47 Å². The molecule has 2 rings (SSSR count). The number of carbonyl (C=O) groups excluding carboxylic acids is 2. The normalized spacial score (nSPS) is 15.5. The molecule has 0 spiro atoms. The van der Waals surface area contributed by atoms with Crippen molar-refractivity contribution in [1.29, 1.82) is 0 Å². The monoisotopic (exact) mass is 344 g/mol. The van der Waals surface area contributed by atoms with Crippen molar-refractivity contribution < 1.29 is 9.59 Å². The molecule has 1 aromatic carbocycles. The number of carbonyl (C=O) groups is 2. The molecule has 102 valence electrons. The molecular formula is C13H14BrClN2O2. The third-order valence-corrected chi connectivity index (χ3v) is 3.83. The molecule has 1 heterocycles.